The molecular weight excluding hydrogens is 282 g/mol. The van der Waals surface area contributed by atoms with Crippen LogP contribution in [0, 0.1) is 6.92 Å². The molecule has 106 valence electrons. The van der Waals surface area contributed by atoms with Crippen LogP contribution in [0.15, 0.2) is 28.8 Å². The van der Waals surface area contributed by atoms with Gasteiger partial charge in [-0.15, -0.1) is 0 Å². The van der Waals surface area contributed by atoms with E-state index in [0.29, 0.717) is 34.6 Å². The maximum absolute atomic E-state index is 6.04. The first-order valence-corrected chi connectivity index (χ1v) is 6.68. The van der Waals surface area contributed by atoms with Crippen LogP contribution in [0.3, 0.4) is 0 Å². The Morgan fingerprint density at radius 2 is 2.00 bits per heavy atom. The predicted molar refractivity (Wildman–Crippen MR) is 72.3 cm³/mol. The molecule has 1 atom stereocenters. The van der Waals surface area contributed by atoms with Crippen molar-refractivity contribution in [2.75, 3.05) is 13.2 Å². The van der Waals surface area contributed by atoms with Gasteiger partial charge in [0.2, 0.25) is 0 Å². The van der Waals surface area contributed by atoms with Gasteiger partial charge >= 0.3 is 0 Å². The van der Waals surface area contributed by atoms with Gasteiger partial charge in [-0.2, -0.15) is 0 Å². The van der Waals surface area contributed by atoms with Gasteiger partial charge in [0.1, 0.15) is 30.0 Å². The molecule has 1 saturated heterocycles. The summed E-state index contributed by atoms with van der Waals surface area (Å²) in [7, 11) is 0. The number of rotatable bonds is 6. The van der Waals surface area contributed by atoms with Crippen LogP contribution >= 0.6 is 11.6 Å². The molecule has 0 N–H and O–H groups in total. The van der Waals surface area contributed by atoms with E-state index in [2.05, 4.69) is 5.16 Å². The number of aromatic nitrogens is 1. The van der Waals surface area contributed by atoms with Crippen molar-refractivity contribution in [2.24, 2.45) is 0 Å². The standard InChI is InChI=1S/C14H14ClNO4/c1-9-14(15)11(16-20-9)8-19-13-5-3-2-4-12(13)18-7-10-6-17-10/h2-5,10H,6-8H2,1H3. The van der Waals surface area contributed by atoms with Crippen LogP contribution in [-0.4, -0.2) is 24.5 Å². The molecule has 0 bridgehead atoms. The van der Waals surface area contributed by atoms with Crippen LogP contribution in [-0.2, 0) is 11.3 Å². The van der Waals surface area contributed by atoms with E-state index in [0.717, 1.165) is 6.61 Å². The number of ether oxygens (including phenoxy) is 3. The van der Waals surface area contributed by atoms with Crippen molar-refractivity contribution in [1.82, 2.24) is 5.16 Å². The number of epoxide rings is 1. The van der Waals surface area contributed by atoms with Crippen molar-refractivity contribution in [1.29, 1.82) is 0 Å². The minimum Gasteiger partial charge on any atom is -0.487 e. The topological polar surface area (TPSA) is 57.0 Å². The van der Waals surface area contributed by atoms with Crippen molar-refractivity contribution in [2.45, 2.75) is 19.6 Å². The fourth-order valence-corrected chi connectivity index (χ4v) is 1.80. The van der Waals surface area contributed by atoms with Gasteiger partial charge in [0.25, 0.3) is 0 Å². The summed E-state index contributed by atoms with van der Waals surface area (Å²) in [6, 6.07) is 7.46. The van der Waals surface area contributed by atoms with Crippen molar-refractivity contribution < 1.29 is 18.7 Å². The average molecular weight is 296 g/mol. The maximum Gasteiger partial charge on any atom is 0.161 e. The van der Waals surface area contributed by atoms with Crippen LogP contribution in [0.4, 0.5) is 0 Å². The van der Waals surface area contributed by atoms with Gasteiger partial charge in [0.05, 0.1) is 6.61 Å². The molecule has 6 heteroatoms. The number of hydrogen-bond donors (Lipinski definition) is 0. The Morgan fingerprint density at radius 3 is 2.60 bits per heavy atom. The highest BCUT2D eigenvalue weighted by Gasteiger charge is 2.23. The molecule has 1 unspecified atom stereocenters. The summed E-state index contributed by atoms with van der Waals surface area (Å²) in [5.74, 6) is 1.91. The Balaban J connectivity index is 1.65. The normalized spacial score (nSPS) is 17.0. The molecule has 0 amide bonds. The molecule has 3 rings (SSSR count). The van der Waals surface area contributed by atoms with Crippen LogP contribution in [0.25, 0.3) is 0 Å². The summed E-state index contributed by atoms with van der Waals surface area (Å²) in [5.41, 5.74) is 0.574. The molecule has 0 aliphatic carbocycles. The van der Waals surface area contributed by atoms with E-state index in [-0.39, 0.29) is 12.7 Å². The van der Waals surface area contributed by atoms with E-state index in [1.165, 1.54) is 0 Å². The van der Waals surface area contributed by atoms with Crippen molar-refractivity contribution in [3.63, 3.8) is 0 Å². The maximum atomic E-state index is 6.04. The van der Waals surface area contributed by atoms with E-state index in [1.54, 1.807) is 6.92 Å². The lowest BCUT2D eigenvalue weighted by Gasteiger charge is -2.11. The highest BCUT2D eigenvalue weighted by atomic mass is 35.5. The zero-order chi connectivity index (χ0) is 13.9. The number of halogens is 1. The van der Waals surface area contributed by atoms with E-state index in [1.807, 2.05) is 24.3 Å². The number of para-hydroxylation sites is 2. The molecule has 0 radical (unpaired) electrons. The van der Waals surface area contributed by atoms with Gasteiger partial charge in [-0.05, 0) is 19.1 Å². The minimum atomic E-state index is 0.204. The molecule has 1 aromatic carbocycles. The average Bonchev–Trinajstić information content (AvgIpc) is 3.24. The fourth-order valence-electron chi connectivity index (χ4n) is 1.68. The predicted octanol–water partition coefficient (Wildman–Crippen LogP) is 2.99. The Labute approximate surface area is 121 Å². The summed E-state index contributed by atoms with van der Waals surface area (Å²) >= 11 is 6.04. The Hall–Kier alpha value is -1.72. The smallest absolute Gasteiger partial charge is 0.161 e. The van der Waals surface area contributed by atoms with Gasteiger partial charge in [0, 0.05) is 0 Å². The Morgan fingerprint density at radius 1 is 1.30 bits per heavy atom. The molecule has 2 aromatic rings. The monoisotopic (exact) mass is 295 g/mol. The molecular formula is C14H14ClNO4. The molecule has 0 saturated carbocycles. The van der Waals surface area contributed by atoms with E-state index < -0.39 is 0 Å². The van der Waals surface area contributed by atoms with E-state index >= 15 is 0 Å². The van der Waals surface area contributed by atoms with Crippen molar-refractivity contribution in [3.05, 3.63) is 40.7 Å². The van der Waals surface area contributed by atoms with Crippen LogP contribution in [0.2, 0.25) is 5.02 Å². The third-order valence-corrected chi connectivity index (χ3v) is 3.38. The zero-order valence-electron chi connectivity index (χ0n) is 11.0. The first-order chi connectivity index (χ1) is 9.74. The SMILES string of the molecule is Cc1onc(COc2ccccc2OCC2CO2)c1Cl. The first kappa shape index (κ1) is 13.3. The molecule has 0 spiro atoms. The third-order valence-electron chi connectivity index (χ3n) is 2.90. The molecule has 20 heavy (non-hydrogen) atoms. The number of benzene rings is 1. The number of nitrogens with zero attached hydrogens (tertiary/aromatic N) is 1. The van der Waals surface area contributed by atoms with Crippen LogP contribution in [0.1, 0.15) is 11.5 Å². The molecule has 1 fully saturated rings. The summed E-state index contributed by atoms with van der Waals surface area (Å²) in [4.78, 5) is 0. The fraction of sp³-hybridized carbons (Fsp3) is 0.357. The van der Waals surface area contributed by atoms with Gasteiger partial charge in [0.15, 0.2) is 17.3 Å². The highest BCUT2D eigenvalue weighted by molar-refractivity contribution is 6.31. The first-order valence-electron chi connectivity index (χ1n) is 6.31. The molecule has 1 aliphatic heterocycles. The largest absolute Gasteiger partial charge is 0.487 e. The second kappa shape index (κ2) is 5.73. The second-order valence-corrected chi connectivity index (χ2v) is 4.88. The van der Waals surface area contributed by atoms with Gasteiger partial charge < -0.3 is 18.7 Å². The Kier molecular flexibility index (Phi) is 3.80. The van der Waals surface area contributed by atoms with E-state index in [9.17, 15) is 0 Å². The number of aryl methyl sites for hydroxylation is 1. The zero-order valence-corrected chi connectivity index (χ0v) is 11.7. The van der Waals surface area contributed by atoms with Gasteiger partial charge in [-0.3, -0.25) is 0 Å². The van der Waals surface area contributed by atoms with Gasteiger partial charge in [-0.25, -0.2) is 0 Å². The van der Waals surface area contributed by atoms with Crippen molar-refractivity contribution in [3.8, 4) is 11.5 Å². The molecule has 2 heterocycles. The van der Waals surface area contributed by atoms with Crippen molar-refractivity contribution >= 4 is 11.6 Å². The van der Waals surface area contributed by atoms with Crippen LogP contribution in [0.5, 0.6) is 11.5 Å². The second-order valence-electron chi connectivity index (χ2n) is 4.50. The Bertz CT molecular complexity index is 595. The lowest BCUT2D eigenvalue weighted by atomic mass is 10.3. The van der Waals surface area contributed by atoms with Gasteiger partial charge in [-0.1, -0.05) is 28.9 Å². The summed E-state index contributed by atoms with van der Waals surface area (Å²) in [6.45, 7) is 3.28. The van der Waals surface area contributed by atoms with Crippen LogP contribution < -0.4 is 9.47 Å². The quantitative estimate of drug-likeness (QED) is 0.767. The highest BCUT2D eigenvalue weighted by Crippen LogP contribution is 2.29. The molecule has 5 nitrogen and oxygen atoms in total. The molecule has 1 aliphatic rings. The summed E-state index contributed by atoms with van der Waals surface area (Å²) in [6.07, 6.45) is 0.204. The number of hydrogen-bond acceptors (Lipinski definition) is 5. The summed E-state index contributed by atoms with van der Waals surface area (Å²) in [5, 5.41) is 4.35. The lowest BCUT2D eigenvalue weighted by molar-refractivity contribution is 0.234. The lowest BCUT2D eigenvalue weighted by Crippen LogP contribution is -2.06. The minimum absolute atomic E-state index is 0.204. The third kappa shape index (κ3) is 3.05. The molecule has 1 aromatic heterocycles. The van der Waals surface area contributed by atoms with E-state index in [4.69, 9.17) is 30.3 Å². The summed E-state index contributed by atoms with van der Waals surface area (Å²) < 4.78 is 21.5.